The molecule has 144 valence electrons. The fraction of sp³-hybridized carbons (Fsp3) is 0.611. The van der Waals surface area contributed by atoms with Gasteiger partial charge in [-0.05, 0) is 40.2 Å². The molecule has 1 aromatic heterocycles. The van der Waals surface area contributed by atoms with Gasteiger partial charge >= 0.3 is 12.1 Å². The highest BCUT2D eigenvalue weighted by atomic mass is 19.1. The quantitative estimate of drug-likeness (QED) is 0.747. The third-order valence-electron chi connectivity index (χ3n) is 4.00. The number of nitrogens with zero attached hydrogens (tertiary/aromatic N) is 2. The number of carbonyl (C=O) groups excluding carboxylic acids is 3. The minimum Gasteiger partial charge on any atom is -0.461 e. The standard InChI is InChI=1S/C18H25FN2O5/c1-5-25-16(23)15-13(19)7-9-20(15)11-14(22)12-6-8-21(10-12)17(24)26-18(2,3)4/h7,9,12H,5-6,8,10-11H2,1-4H3. The zero-order chi connectivity index (χ0) is 19.5. The molecule has 1 amide bonds. The van der Waals surface area contributed by atoms with E-state index < -0.39 is 23.5 Å². The van der Waals surface area contributed by atoms with Crippen molar-refractivity contribution in [3.05, 3.63) is 23.8 Å². The lowest BCUT2D eigenvalue weighted by molar-refractivity contribution is -0.123. The van der Waals surface area contributed by atoms with Gasteiger partial charge in [-0.1, -0.05) is 0 Å². The van der Waals surface area contributed by atoms with Crippen LogP contribution in [0.4, 0.5) is 9.18 Å². The van der Waals surface area contributed by atoms with Gasteiger partial charge in [0.15, 0.2) is 17.3 Å². The van der Waals surface area contributed by atoms with Crippen LogP contribution >= 0.6 is 0 Å². The molecule has 0 spiro atoms. The van der Waals surface area contributed by atoms with E-state index in [1.165, 1.54) is 15.7 Å². The van der Waals surface area contributed by atoms with Crippen LogP contribution in [0, 0.1) is 11.7 Å². The van der Waals surface area contributed by atoms with E-state index in [1.54, 1.807) is 27.7 Å². The van der Waals surface area contributed by atoms with E-state index >= 15 is 0 Å². The molecule has 0 bridgehead atoms. The van der Waals surface area contributed by atoms with Crippen LogP contribution in [0.25, 0.3) is 0 Å². The molecule has 26 heavy (non-hydrogen) atoms. The van der Waals surface area contributed by atoms with Crippen molar-refractivity contribution >= 4 is 17.8 Å². The van der Waals surface area contributed by atoms with E-state index in [4.69, 9.17) is 9.47 Å². The van der Waals surface area contributed by atoms with Crippen LogP contribution in [-0.4, -0.2) is 52.6 Å². The number of aromatic nitrogens is 1. The maximum absolute atomic E-state index is 13.8. The van der Waals surface area contributed by atoms with Crippen LogP contribution in [-0.2, 0) is 20.8 Å². The van der Waals surface area contributed by atoms with Crippen LogP contribution in [0.15, 0.2) is 12.3 Å². The summed E-state index contributed by atoms with van der Waals surface area (Å²) in [5, 5.41) is 0. The van der Waals surface area contributed by atoms with Crippen molar-refractivity contribution in [3.63, 3.8) is 0 Å². The Morgan fingerprint density at radius 1 is 1.31 bits per heavy atom. The van der Waals surface area contributed by atoms with Gasteiger partial charge in [0.25, 0.3) is 0 Å². The molecular formula is C18H25FN2O5. The van der Waals surface area contributed by atoms with Crippen molar-refractivity contribution < 1.29 is 28.2 Å². The normalized spacial score (nSPS) is 17.3. The fourth-order valence-electron chi connectivity index (χ4n) is 2.80. The predicted octanol–water partition coefficient (Wildman–Crippen LogP) is 2.63. The first-order chi connectivity index (χ1) is 12.1. The summed E-state index contributed by atoms with van der Waals surface area (Å²) in [4.78, 5) is 38.0. The van der Waals surface area contributed by atoms with E-state index in [0.717, 1.165) is 6.07 Å². The molecule has 1 saturated heterocycles. The smallest absolute Gasteiger partial charge is 0.410 e. The topological polar surface area (TPSA) is 77.8 Å². The Bertz CT molecular complexity index is 692. The second-order valence-electron chi connectivity index (χ2n) is 7.24. The monoisotopic (exact) mass is 368 g/mol. The fourth-order valence-corrected chi connectivity index (χ4v) is 2.80. The Labute approximate surface area is 152 Å². The Hall–Kier alpha value is -2.38. The van der Waals surface area contributed by atoms with Gasteiger partial charge in [-0.15, -0.1) is 0 Å². The van der Waals surface area contributed by atoms with Gasteiger partial charge in [-0.25, -0.2) is 14.0 Å². The first-order valence-corrected chi connectivity index (χ1v) is 8.64. The zero-order valence-corrected chi connectivity index (χ0v) is 15.6. The first kappa shape index (κ1) is 19.9. The van der Waals surface area contributed by atoms with Gasteiger partial charge in [0.05, 0.1) is 13.2 Å². The molecule has 2 rings (SSSR count). The Morgan fingerprint density at radius 2 is 2.00 bits per heavy atom. The molecule has 1 aliphatic heterocycles. The number of likely N-dealkylation sites (tertiary alicyclic amines) is 1. The molecule has 0 radical (unpaired) electrons. The zero-order valence-electron chi connectivity index (χ0n) is 15.6. The highest BCUT2D eigenvalue weighted by Crippen LogP contribution is 2.21. The lowest BCUT2D eigenvalue weighted by atomic mass is 10.0. The minimum absolute atomic E-state index is 0.116. The molecule has 1 unspecified atom stereocenters. The molecule has 1 aromatic rings. The molecule has 8 heteroatoms. The van der Waals surface area contributed by atoms with Crippen LogP contribution in [0.5, 0.6) is 0 Å². The molecule has 2 heterocycles. The van der Waals surface area contributed by atoms with Crippen molar-refractivity contribution in [1.82, 2.24) is 9.47 Å². The lowest BCUT2D eigenvalue weighted by Gasteiger charge is -2.24. The molecule has 1 atom stereocenters. The van der Waals surface area contributed by atoms with Crippen molar-refractivity contribution in [1.29, 1.82) is 0 Å². The number of Topliss-reactive ketones (excluding diaryl/α,β-unsaturated/α-hetero) is 1. The summed E-state index contributed by atoms with van der Waals surface area (Å²) in [5.74, 6) is -2.07. The second-order valence-corrected chi connectivity index (χ2v) is 7.24. The first-order valence-electron chi connectivity index (χ1n) is 8.64. The number of amides is 1. The average Bonchev–Trinajstić information content (AvgIpc) is 3.13. The molecule has 1 aliphatic rings. The van der Waals surface area contributed by atoms with Crippen molar-refractivity contribution in [3.8, 4) is 0 Å². The van der Waals surface area contributed by atoms with Gasteiger partial charge in [-0.3, -0.25) is 4.79 Å². The van der Waals surface area contributed by atoms with Crippen molar-refractivity contribution in [2.45, 2.75) is 46.3 Å². The SMILES string of the molecule is CCOC(=O)c1c(F)ccn1CC(=O)C1CCN(C(=O)OC(C)(C)C)C1. The van der Waals surface area contributed by atoms with E-state index in [2.05, 4.69) is 0 Å². The molecule has 0 saturated carbocycles. The van der Waals surface area contributed by atoms with E-state index in [1.807, 2.05) is 0 Å². The van der Waals surface area contributed by atoms with Crippen LogP contribution < -0.4 is 0 Å². The number of hydrogen-bond donors (Lipinski definition) is 0. The van der Waals surface area contributed by atoms with Gasteiger partial charge in [-0.2, -0.15) is 0 Å². The van der Waals surface area contributed by atoms with E-state index in [-0.39, 0.29) is 37.1 Å². The molecule has 1 fully saturated rings. The third kappa shape index (κ3) is 4.83. The van der Waals surface area contributed by atoms with Gasteiger partial charge in [0.1, 0.15) is 5.60 Å². The average molecular weight is 368 g/mol. The molecular weight excluding hydrogens is 343 g/mol. The number of ketones is 1. The molecule has 7 nitrogen and oxygen atoms in total. The number of rotatable bonds is 5. The van der Waals surface area contributed by atoms with Crippen LogP contribution in [0.3, 0.4) is 0 Å². The number of esters is 1. The van der Waals surface area contributed by atoms with Crippen molar-refractivity contribution in [2.75, 3.05) is 19.7 Å². The van der Waals surface area contributed by atoms with Gasteiger partial charge in [0.2, 0.25) is 0 Å². The minimum atomic E-state index is -0.801. The van der Waals surface area contributed by atoms with Crippen molar-refractivity contribution in [2.24, 2.45) is 5.92 Å². The Kier molecular flexibility index (Phi) is 6.05. The largest absolute Gasteiger partial charge is 0.461 e. The number of hydrogen-bond acceptors (Lipinski definition) is 5. The summed E-state index contributed by atoms with van der Waals surface area (Å²) < 4.78 is 25.2. The highest BCUT2D eigenvalue weighted by Gasteiger charge is 2.34. The lowest BCUT2D eigenvalue weighted by Crippen LogP contribution is -2.36. The second kappa shape index (κ2) is 7.88. The summed E-state index contributed by atoms with van der Waals surface area (Å²) in [7, 11) is 0. The Morgan fingerprint density at radius 3 is 2.62 bits per heavy atom. The Balaban J connectivity index is 2.00. The summed E-state index contributed by atoms with van der Waals surface area (Å²) in [6.45, 7) is 7.61. The van der Waals surface area contributed by atoms with E-state index in [9.17, 15) is 18.8 Å². The van der Waals surface area contributed by atoms with Gasteiger partial charge in [0, 0.05) is 25.2 Å². The summed E-state index contributed by atoms with van der Waals surface area (Å²) in [6.07, 6.45) is 1.41. The van der Waals surface area contributed by atoms with Gasteiger partial charge < -0.3 is 18.9 Å². The summed E-state index contributed by atoms with van der Waals surface area (Å²) >= 11 is 0. The maximum atomic E-state index is 13.8. The maximum Gasteiger partial charge on any atom is 0.410 e. The molecule has 0 N–H and O–H groups in total. The third-order valence-corrected chi connectivity index (χ3v) is 4.00. The molecule has 0 aliphatic carbocycles. The molecule has 0 aromatic carbocycles. The van der Waals surface area contributed by atoms with Crippen LogP contribution in [0.2, 0.25) is 0 Å². The highest BCUT2D eigenvalue weighted by molar-refractivity contribution is 5.89. The number of halogens is 1. The number of carbonyl (C=O) groups is 3. The van der Waals surface area contributed by atoms with Crippen LogP contribution in [0.1, 0.15) is 44.6 Å². The predicted molar refractivity (Wildman–Crippen MR) is 91.3 cm³/mol. The summed E-state index contributed by atoms with van der Waals surface area (Å²) in [5.41, 5.74) is -0.863. The number of ether oxygens (including phenoxy) is 2. The summed E-state index contributed by atoms with van der Waals surface area (Å²) in [6, 6.07) is 1.13. The van der Waals surface area contributed by atoms with E-state index in [0.29, 0.717) is 13.0 Å².